The number of hydrogen-bond acceptors (Lipinski definition) is 4. The van der Waals surface area contributed by atoms with Gasteiger partial charge in [0.1, 0.15) is 23.3 Å². The predicted molar refractivity (Wildman–Crippen MR) is 71.7 cm³/mol. The van der Waals surface area contributed by atoms with Crippen molar-refractivity contribution in [2.24, 2.45) is 0 Å². The molecule has 0 heterocycles. The molecular formula is C16H12O4. The molecule has 0 bridgehead atoms. The summed E-state index contributed by atoms with van der Waals surface area (Å²) in [4.78, 5) is 24.4. The Morgan fingerprint density at radius 2 is 0.900 bits per heavy atom. The first kappa shape index (κ1) is 12.4. The van der Waals surface area contributed by atoms with E-state index in [1.165, 1.54) is 24.3 Å². The Hall–Kier alpha value is -2.62. The first-order valence-electron chi connectivity index (χ1n) is 6.23. The summed E-state index contributed by atoms with van der Waals surface area (Å²) in [5, 5.41) is 18.4. The van der Waals surface area contributed by atoms with Crippen LogP contribution in [0.3, 0.4) is 0 Å². The average molecular weight is 268 g/mol. The summed E-state index contributed by atoms with van der Waals surface area (Å²) in [5.41, 5.74) is 1.21. The van der Waals surface area contributed by atoms with Crippen molar-refractivity contribution in [2.75, 3.05) is 0 Å². The van der Waals surface area contributed by atoms with Gasteiger partial charge in [0.25, 0.3) is 0 Å². The second-order valence-corrected chi connectivity index (χ2v) is 4.85. The molecule has 2 aromatic carbocycles. The van der Waals surface area contributed by atoms with Crippen LogP contribution in [0.4, 0.5) is 0 Å². The minimum absolute atomic E-state index is 0.100. The van der Waals surface area contributed by atoms with E-state index in [2.05, 4.69) is 0 Å². The molecule has 1 saturated carbocycles. The zero-order chi connectivity index (χ0) is 14.3. The third-order valence-corrected chi connectivity index (χ3v) is 3.59. The van der Waals surface area contributed by atoms with Crippen molar-refractivity contribution in [2.45, 2.75) is 11.8 Å². The Morgan fingerprint density at radius 1 is 0.600 bits per heavy atom. The van der Waals surface area contributed by atoms with E-state index in [9.17, 15) is 19.8 Å². The van der Waals surface area contributed by atoms with Crippen molar-refractivity contribution >= 4 is 11.6 Å². The lowest BCUT2D eigenvalue weighted by molar-refractivity contribution is -0.142. The van der Waals surface area contributed by atoms with E-state index in [0.717, 1.165) is 0 Å². The molecule has 4 heteroatoms. The van der Waals surface area contributed by atoms with Crippen LogP contribution in [-0.4, -0.2) is 21.8 Å². The lowest BCUT2D eigenvalue weighted by atomic mass is 9.66. The number of hydrogen-bond donors (Lipinski definition) is 2. The summed E-state index contributed by atoms with van der Waals surface area (Å²) in [6.07, 6.45) is 0. The fourth-order valence-electron chi connectivity index (χ4n) is 2.51. The molecular weight excluding hydrogens is 256 g/mol. The molecule has 0 unspecified atom stereocenters. The molecule has 4 nitrogen and oxygen atoms in total. The zero-order valence-corrected chi connectivity index (χ0v) is 10.5. The van der Waals surface area contributed by atoms with Crippen LogP contribution in [-0.2, 0) is 9.59 Å². The monoisotopic (exact) mass is 268 g/mol. The molecule has 0 saturated heterocycles. The highest BCUT2D eigenvalue weighted by molar-refractivity contribution is 6.31. The zero-order valence-electron chi connectivity index (χ0n) is 10.5. The standard InChI is InChI=1S/C16H12O4/c17-11-5-1-9(2-6-11)13-15(19)14(16(13)20)10-3-7-12(18)8-4-10/h1-8,13-14,17-18H. The van der Waals surface area contributed by atoms with Gasteiger partial charge in [-0.2, -0.15) is 0 Å². The number of ketones is 2. The van der Waals surface area contributed by atoms with Gasteiger partial charge in [-0.25, -0.2) is 0 Å². The van der Waals surface area contributed by atoms with Crippen molar-refractivity contribution in [1.29, 1.82) is 0 Å². The van der Waals surface area contributed by atoms with E-state index in [0.29, 0.717) is 11.1 Å². The SMILES string of the molecule is O=C1C(c2ccc(O)cc2)C(=O)C1c1ccc(O)cc1. The van der Waals surface area contributed by atoms with Gasteiger partial charge in [0, 0.05) is 0 Å². The van der Waals surface area contributed by atoms with Crippen LogP contribution in [0.1, 0.15) is 23.0 Å². The number of carbonyl (C=O) groups is 2. The second kappa shape index (κ2) is 4.49. The molecule has 0 aliphatic heterocycles. The fraction of sp³-hybridized carbons (Fsp3) is 0.125. The predicted octanol–water partition coefficient (Wildman–Crippen LogP) is 2.12. The summed E-state index contributed by atoms with van der Waals surface area (Å²) in [5.74, 6) is -1.58. The van der Waals surface area contributed by atoms with Gasteiger partial charge in [-0.05, 0) is 35.4 Å². The molecule has 0 atom stereocenters. The van der Waals surface area contributed by atoms with E-state index in [4.69, 9.17) is 0 Å². The van der Waals surface area contributed by atoms with Crippen LogP contribution in [0.5, 0.6) is 11.5 Å². The maximum absolute atomic E-state index is 12.2. The highest BCUT2D eigenvalue weighted by Crippen LogP contribution is 2.41. The van der Waals surface area contributed by atoms with Crippen LogP contribution in [0.25, 0.3) is 0 Å². The Morgan fingerprint density at radius 3 is 1.20 bits per heavy atom. The maximum atomic E-state index is 12.2. The molecule has 2 N–H and O–H groups in total. The third kappa shape index (κ3) is 1.86. The number of phenolic OH excluding ortho intramolecular Hbond substituents is 2. The number of rotatable bonds is 2. The minimum atomic E-state index is -0.741. The molecule has 20 heavy (non-hydrogen) atoms. The molecule has 0 amide bonds. The number of benzene rings is 2. The van der Waals surface area contributed by atoms with Gasteiger partial charge < -0.3 is 10.2 Å². The lowest BCUT2D eigenvalue weighted by Gasteiger charge is -2.32. The number of Topliss-reactive ketones (excluding diaryl/α,β-unsaturated/α-hetero) is 2. The molecule has 100 valence electrons. The molecule has 3 rings (SSSR count). The summed E-state index contributed by atoms with van der Waals surface area (Å²) < 4.78 is 0. The summed E-state index contributed by atoms with van der Waals surface area (Å²) in [6, 6.07) is 12.2. The normalized spacial score (nSPS) is 21.6. The third-order valence-electron chi connectivity index (χ3n) is 3.59. The lowest BCUT2D eigenvalue weighted by Crippen LogP contribution is -2.44. The minimum Gasteiger partial charge on any atom is -0.508 e. The van der Waals surface area contributed by atoms with E-state index >= 15 is 0 Å². The van der Waals surface area contributed by atoms with Gasteiger partial charge in [-0.15, -0.1) is 0 Å². The largest absolute Gasteiger partial charge is 0.508 e. The van der Waals surface area contributed by atoms with Gasteiger partial charge in [-0.3, -0.25) is 9.59 Å². The molecule has 1 fully saturated rings. The van der Waals surface area contributed by atoms with E-state index in [1.54, 1.807) is 24.3 Å². The molecule has 2 aromatic rings. The van der Waals surface area contributed by atoms with Gasteiger partial charge in [0.2, 0.25) is 0 Å². The number of carbonyl (C=O) groups excluding carboxylic acids is 2. The van der Waals surface area contributed by atoms with Crippen molar-refractivity contribution < 1.29 is 19.8 Å². The molecule has 1 aliphatic carbocycles. The highest BCUT2D eigenvalue weighted by Gasteiger charge is 2.50. The summed E-state index contributed by atoms with van der Waals surface area (Å²) >= 11 is 0. The summed E-state index contributed by atoms with van der Waals surface area (Å²) in [6.45, 7) is 0. The van der Waals surface area contributed by atoms with Crippen LogP contribution in [0, 0.1) is 0 Å². The van der Waals surface area contributed by atoms with Crippen molar-refractivity contribution in [3.8, 4) is 11.5 Å². The van der Waals surface area contributed by atoms with Gasteiger partial charge in [-0.1, -0.05) is 24.3 Å². The number of phenols is 2. The average Bonchev–Trinajstić information content (AvgIpc) is 2.44. The van der Waals surface area contributed by atoms with Crippen molar-refractivity contribution in [3.05, 3.63) is 59.7 Å². The highest BCUT2D eigenvalue weighted by atomic mass is 16.3. The molecule has 0 radical (unpaired) electrons. The first-order chi connectivity index (χ1) is 9.58. The van der Waals surface area contributed by atoms with Gasteiger partial charge in [0.05, 0.1) is 0 Å². The fourth-order valence-corrected chi connectivity index (χ4v) is 2.51. The van der Waals surface area contributed by atoms with Crippen LogP contribution >= 0.6 is 0 Å². The Balaban J connectivity index is 1.86. The Bertz CT molecular complexity index is 597. The van der Waals surface area contributed by atoms with E-state index in [1.807, 2.05) is 0 Å². The van der Waals surface area contributed by atoms with Crippen LogP contribution in [0.15, 0.2) is 48.5 Å². The van der Waals surface area contributed by atoms with Crippen molar-refractivity contribution in [1.82, 2.24) is 0 Å². The molecule has 0 spiro atoms. The smallest absolute Gasteiger partial charge is 0.162 e. The van der Waals surface area contributed by atoms with E-state index < -0.39 is 11.8 Å². The maximum Gasteiger partial charge on any atom is 0.162 e. The second-order valence-electron chi connectivity index (χ2n) is 4.85. The quantitative estimate of drug-likeness (QED) is 0.818. The van der Waals surface area contributed by atoms with Crippen molar-refractivity contribution in [3.63, 3.8) is 0 Å². The first-order valence-corrected chi connectivity index (χ1v) is 6.23. The number of aromatic hydroxyl groups is 2. The molecule has 1 aliphatic rings. The van der Waals surface area contributed by atoms with Gasteiger partial charge >= 0.3 is 0 Å². The van der Waals surface area contributed by atoms with Crippen LogP contribution in [0.2, 0.25) is 0 Å². The van der Waals surface area contributed by atoms with Gasteiger partial charge in [0.15, 0.2) is 11.6 Å². The van der Waals surface area contributed by atoms with Crippen LogP contribution < -0.4 is 0 Å². The Kier molecular flexibility index (Phi) is 2.79. The topological polar surface area (TPSA) is 74.6 Å². The Labute approximate surface area is 115 Å². The molecule has 0 aromatic heterocycles. The summed E-state index contributed by atoms with van der Waals surface area (Å²) in [7, 11) is 0. The van der Waals surface area contributed by atoms with E-state index in [-0.39, 0.29) is 23.1 Å².